The van der Waals surface area contributed by atoms with Gasteiger partial charge in [0.05, 0.1) is 0 Å². The minimum absolute atomic E-state index is 0.301. The second-order valence-electron chi connectivity index (χ2n) is 5.76. The number of hydrogen-bond acceptors (Lipinski definition) is 6. The third kappa shape index (κ3) is 23.7. The second-order valence-corrected chi connectivity index (χ2v) is 14.5. The zero-order valence-electron chi connectivity index (χ0n) is 14.4. The van der Waals surface area contributed by atoms with Gasteiger partial charge in [0.2, 0.25) is 0 Å². The van der Waals surface area contributed by atoms with Gasteiger partial charge in [0.25, 0.3) is 0 Å². The fraction of sp³-hybridized carbons (Fsp3) is 0.857. The lowest BCUT2D eigenvalue weighted by atomic mass is 10.5. The van der Waals surface area contributed by atoms with Crippen LogP contribution in [0.4, 0.5) is 8.78 Å². The van der Waals surface area contributed by atoms with Crippen LogP contribution in [-0.2, 0) is 0 Å². The number of thioether (sulfide) groups is 4. The highest BCUT2D eigenvalue weighted by atomic mass is 32.2. The Balaban J connectivity index is 0. The molecule has 0 bridgehead atoms. The first-order valence-corrected chi connectivity index (χ1v) is 11.0. The average molecular weight is 425 g/mol. The van der Waals surface area contributed by atoms with Gasteiger partial charge in [0.15, 0.2) is 10.0 Å². The van der Waals surface area contributed by atoms with Crippen LogP contribution in [0.2, 0.25) is 0 Å². The van der Waals surface area contributed by atoms with Crippen molar-refractivity contribution in [1.82, 2.24) is 0 Å². The summed E-state index contributed by atoms with van der Waals surface area (Å²) in [5.41, 5.74) is 0. The Bertz CT molecular complexity index is 312. The fourth-order valence-corrected chi connectivity index (χ4v) is 7.47. The number of halogens is 2. The summed E-state index contributed by atoms with van der Waals surface area (Å²) in [5.74, 6) is 0. The first-order chi connectivity index (χ1) is 9.62. The van der Waals surface area contributed by atoms with Gasteiger partial charge in [0, 0.05) is 10.5 Å². The molecule has 0 N–H and O–H groups in total. The largest absolute Gasteiger partial charge is 0.232 e. The summed E-state index contributed by atoms with van der Waals surface area (Å²) in [6, 6.07) is 0. The fourth-order valence-electron chi connectivity index (χ4n) is 0.830. The van der Waals surface area contributed by atoms with Crippen molar-refractivity contribution in [3.63, 3.8) is 0 Å². The molecule has 0 heterocycles. The molecule has 22 heavy (non-hydrogen) atoms. The van der Waals surface area contributed by atoms with Crippen LogP contribution in [0, 0.1) is 0 Å². The molecule has 0 aromatic rings. The van der Waals surface area contributed by atoms with E-state index in [4.69, 9.17) is 24.4 Å². The van der Waals surface area contributed by atoms with Gasteiger partial charge >= 0.3 is 0 Å². The Morgan fingerprint density at radius 3 is 1.18 bits per heavy atom. The van der Waals surface area contributed by atoms with Gasteiger partial charge in [-0.3, -0.25) is 0 Å². The quantitative estimate of drug-likeness (QED) is 0.421. The SMILES string of the molecule is CC(C)(F)SC(=S)SC(C)(C)F.CC(C)SC(=S)SC(C)C. The molecule has 0 saturated carbocycles. The lowest BCUT2D eigenvalue weighted by molar-refractivity contribution is 0.347. The van der Waals surface area contributed by atoms with Crippen LogP contribution in [0.3, 0.4) is 0 Å². The molecule has 0 rings (SSSR count). The van der Waals surface area contributed by atoms with Crippen molar-refractivity contribution in [2.45, 2.75) is 75.9 Å². The van der Waals surface area contributed by atoms with Gasteiger partial charge in [-0.2, -0.15) is 0 Å². The maximum Gasteiger partial charge on any atom is 0.156 e. The molecule has 132 valence electrons. The van der Waals surface area contributed by atoms with Crippen LogP contribution < -0.4 is 0 Å². The molecule has 0 amide bonds. The van der Waals surface area contributed by atoms with Crippen LogP contribution in [0.25, 0.3) is 0 Å². The molecule has 0 aromatic heterocycles. The molecule has 0 spiro atoms. The highest BCUT2D eigenvalue weighted by molar-refractivity contribution is 8.48. The molecule has 0 nitrogen and oxygen atoms in total. The molecule has 0 saturated heterocycles. The minimum atomic E-state index is -1.42. The standard InChI is InChI=1S/C7H12F2S3.C7H14S3/c1-6(2,8)11-5(10)12-7(3,4)9;1-5(2)9-7(8)10-6(3)4/h1-4H3;5-6H,1-4H3. The molecule has 0 fully saturated rings. The van der Waals surface area contributed by atoms with Crippen molar-refractivity contribution in [3.05, 3.63) is 0 Å². The van der Waals surface area contributed by atoms with Crippen molar-refractivity contribution in [2.75, 3.05) is 0 Å². The lowest BCUT2D eigenvalue weighted by Gasteiger charge is -2.17. The second kappa shape index (κ2) is 11.9. The normalized spacial score (nSPS) is 12.2. The first-order valence-electron chi connectivity index (χ1n) is 6.79. The van der Waals surface area contributed by atoms with E-state index in [9.17, 15) is 8.78 Å². The maximum atomic E-state index is 13.0. The van der Waals surface area contributed by atoms with E-state index in [0.717, 1.165) is 27.1 Å². The Morgan fingerprint density at radius 1 is 0.727 bits per heavy atom. The maximum absolute atomic E-state index is 13.0. The molecular weight excluding hydrogens is 399 g/mol. The smallest absolute Gasteiger partial charge is 0.156 e. The van der Waals surface area contributed by atoms with Crippen LogP contribution in [0.15, 0.2) is 0 Å². The third-order valence-corrected chi connectivity index (χ3v) is 6.10. The monoisotopic (exact) mass is 424 g/mol. The van der Waals surface area contributed by atoms with Gasteiger partial charge in [-0.25, -0.2) is 8.78 Å². The van der Waals surface area contributed by atoms with E-state index in [-0.39, 0.29) is 0 Å². The first kappa shape index (κ1) is 25.7. The molecule has 0 atom stereocenters. The molecule has 0 aliphatic heterocycles. The highest BCUT2D eigenvalue weighted by Gasteiger charge is 2.25. The van der Waals surface area contributed by atoms with Crippen LogP contribution in [0.5, 0.6) is 0 Å². The topological polar surface area (TPSA) is 0 Å². The van der Waals surface area contributed by atoms with Crippen LogP contribution in [-0.4, -0.2) is 27.6 Å². The third-order valence-electron chi connectivity index (χ3n) is 1.32. The molecule has 0 radical (unpaired) electrons. The van der Waals surface area contributed by atoms with Crippen molar-refractivity contribution in [2.24, 2.45) is 0 Å². The number of alkyl halides is 2. The predicted octanol–water partition coefficient (Wildman–Crippen LogP) is 7.70. The molecular formula is C14H26F2S6. The molecule has 8 heteroatoms. The van der Waals surface area contributed by atoms with Gasteiger partial charge in [-0.1, -0.05) is 75.7 Å². The van der Waals surface area contributed by atoms with Crippen molar-refractivity contribution < 1.29 is 8.78 Å². The summed E-state index contributed by atoms with van der Waals surface area (Å²) in [5, 5.41) is -1.59. The van der Waals surface area contributed by atoms with Gasteiger partial charge in [-0.15, -0.1) is 23.5 Å². The van der Waals surface area contributed by atoms with Gasteiger partial charge in [-0.05, 0) is 27.7 Å². The van der Waals surface area contributed by atoms with E-state index in [0.29, 0.717) is 14.0 Å². The van der Waals surface area contributed by atoms with E-state index in [1.807, 2.05) is 0 Å². The summed E-state index contributed by atoms with van der Waals surface area (Å²) >= 11 is 15.2. The number of hydrogen-bond donors (Lipinski definition) is 0. The predicted molar refractivity (Wildman–Crippen MR) is 116 cm³/mol. The Hall–Kier alpha value is 1.44. The van der Waals surface area contributed by atoms with Crippen LogP contribution in [0.1, 0.15) is 55.4 Å². The molecule has 0 aliphatic rings. The number of thiocarbonyl (C=S) groups is 2. The summed E-state index contributed by atoms with van der Waals surface area (Å²) in [7, 11) is 0. The Labute approximate surface area is 162 Å². The molecule has 0 unspecified atom stereocenters. The summed E-state index contributed by atoms with van der Waals surface area (Å²) in [6.45, 7) is 14.3. The van der Waals surface area contributed by atoms with E-state index < -0.39 is 10.0 Å². The summed E-state index contributed by atoms with van der Waals surface area (Å²) in [4.78, 5) is 0. The van der Waals surface area contributed by atoms with E-state index in [1.165, 1.54) is 27.7 Å². The van der Waals surface area contributed by atoms with E-state index >= 15 is 0 Å². The van der Waals surface area contributed by atoms with Gasteiger partial charge < -0.3 is 0 Å². The zero-order chi connectivity index (χ0) is 18.1. The highest BCUT2D eigenvalue weighted by Crippen LogP contribution is 2.37. The molecule has 0 aromatic carbocycles. The summed E-state index contributed by atoms with van der Waals surface area (Å²) in [6.07, 6.45) is 0. The van der Waals surface area contributed by atoms with Crippen LogP contribution >= 0.6 is 71.5 Å². The Morgan fingerprint density at radius 2 is 1.00 bits per heavy atom. The summed E-state index contributed by atoms with van der Waals surface area (Å²) < 4.78 is 27.3. The van der Waals surface area contributed by atoms with E-state index in [2.05, 4.69) is 27.7 Å². The number of rotatable bonds is 4. The Kier molecular flexibility index (Phi) is 13.9. The zero-order valence-corrected chi connectivity index (χ0v) is 19.3. The molecule has 0 aliphatic carbocycles. The van der Waals surface area contributed by atoms with Crippen molar-refractivity contribution >= 4 is 78.5 Å². The average Bonchev–Trinajstić information content (AvgIpc) is 2.07. The van der Waals surface area contributed by atoms with E-state index in [1.54, 1.807) is 23.5 Å². The van der Waals surface area contributed by atoms with Gasteiger partial charge in [0.1, 0.15) is 7.06 Å². The van der Waals surface area contributed by atoms with Crippen molar-refractivity contribution in [1.29, 1.82) is 0 Å². The van der Waals surface area contributed by atoms with Crippen molar-refractivity contribution in [3.8, 4) is 0 Å². The lowest BCUT2D eigenvalue weighted by Crippen LogP contribution is -2.12. The minimum Gasteiger partial charge on any atom is -0.232 e.